The number of aromatic nitrogens is 5. The fourth-order valence-electron chi connectivity index (χ4n) is 6.00. The molecule has 1 aliphatic heterocycles. The fourth-order valence-corrected chi connectivity index (χ4v) is 6.00. The third-order valence-electron chi connectivity index (χ3n) is 8.10. The number of anilines is 1. The lowest BCUT2D eigenvalue weighted by Crippen LogP contribution is -2.34. The third kappa shape index (κ3) is 3.99. The summed E-state index contributed by atoms with van der Waals surface area (Å²) in [6.07, 6.45) is 6.61. The Morgan fingerprint density at radius 2 is 1.89 bits per heavy atom. The van der Waals surface area contributed by atoms with Gasteiger partial charge in [-0.05, 0) is 60.9 Å². The van der Waals surface area contributed by atoms with Crippen LogP contribution in [0.4, 0.5) is 5.82 Å². The molecule has 2 aromatic carbocycles. The van der Waals surface area contributed by atoms with E-state index in [9.17, 15) is 0 Å². The van der Waals surface area contributed by atoms with E-state index in [1.165, 1.54) is 16.8 Å². The first-order valence-corrected chi connectivity index (χ1v) is 13.3. The van der Waals surface area contributed by atoms with Crippen LogP contribution in [0.25, 0.3) is 22.3 Å². The molecule has 7 heteroatoms. The van der Waals surface area contributed by atoms with Crippen molar-refractivity contribution < 1.29 is 4.74 Å². The summed E-state index contributed by atoms with van der Waals surface area (Å²) in [5.41, 5.74) is 8.93. The number of benzene rings is 2. The lowest BCUT2D eigenvalue weighted by atomic mass is 9.70. The zero-order chi connectivity index (χ0) is 25.7. The fraction of sp³-hybridized carbons (Fsp3) is 0.290. The monoisotopic (exact) mass is 502 g/mol. The molecule has 2 aliphatic rings. The number of rotatable bonds is 3. The van der Waals surface area contributed by atoms with Gasteiger partial charge in [0.05, 0.1) is 12.1 Å². The average Bonchev–Trinajstić information content (AvgIpc) is 3.18. The number of fused-ring (bicyclic) bond motifs is 3. The Hall–Kier alpha value is -4.26. The number of imidazole rings is 1. The van der Waals surface area contributed by atoms with E-state index in [1.807, 2.05) is 13.1 Å². The Morgan fingerprint density at radius 3 is 2.79 bits per heavy atom. The van der Waals surface area contributed by atoms with Crippen LogP contribution in [0.2, 0.25) is 0 Å². The molecule has 190 valence electrons. The van der Waals surface area contributed by atoms with E-state index in [0.717, 1.165) is 77.6 Å². The van der Waals surface area contributed by atoms with Gasteiger partial charge >= 0.3 is 0 Å². The molecular weight excluding hydrogens is 472 g/mol. The Morgan fingerprint density at radius 1 is 1.00 bits per heavy atom. The molecule has 1 unspecified atom stereocenters. The van der Waals surface area contributed by atoms with Gasteiger partial charge in [-0.25, -0.2) is 19.9 Å². The van der Waals surface area contributed by atoms with Crippen molar-refractivity contribution >= 4 is 17.0 Å². The molecule has 0 spiro atoms. The van der Waals surface area contributed by atoms with E-state index in [1.54, 1.807) is 6.33 Å². The second-order valence-electron chi connectivity index (χ2n) is 10.7. The van der Waals surface area contributed by atoms with E-state index >= 15 is 0 Å². The van der Waals surface area contributed by atoms with E-state index in [0.29, 0.717) is 6.61 Å². The van der Waals surface area contributed by atoms with E-state index in [2.05, 4.69) is 81.4 Å². The number of H-pyrrole nitrogens is 1. The molecule has 1 N–H and O–H groups in total. The number of hydrogen-bond donors (Lipinski definition) is 1. The highest BCUT2D eigenvalue weighted by Gasteiger charge is 2.34. The molecule has 0 radical (unpaired) electrons. The van der Waals surface area contributed by atoms with Gasteiger partial charge in [0.15, 0.2) is 5.65 Å². The molecule has 38 heavy (non-hydrogen) atoms. The predicted molar refractivity (Wildman–Crippen MR) is 148 cm³/mol. The second kappa shape index (κ2) is 8.94. The molecule has 5 aromatic rings. The standard InChI is InChI=1S/C31H30N6O/c1-20-35-26-15-22(17-32-29(26)36-20)21-8-9-28-23(14-21)18-37(12-13-38-28)30-25-10-11-31(2,16-27(25)33-19-34-30)24-6-4-3-5-7-24/h3-9,14-15,17,19H,10-13,16,18H2,1-2H3,(H,32,35,36). The van der Waals surface area contributed by atoms with Crippen LogP contribution < -0.4 is 9.64 Å². The van der Waals surface area contributed by atoms with Crippen molar-refractivity contribution in [2.75, 3.05) is 18.1 Å². The molecule has 0 saturated carbocycles. The van der Waals surface area contributed by atoms with Crippen molar-refractivity contribution in [2.24, 2.45) is 0 Å². The van der Waals surface area contributed by atoms with E-state index in [-0.39, 0.29) is 5.41 Å². The van der Waals surface area contributed by atoms with Crippen molar-refractivity contribution in [3.63, 3.8) is 0 Å². The van der Waals surface area contributed by atoms with Gasteiger partial charge in [0.2, 0.25) is 0 Å². The predicted octanol–water partition coefficient (Wildman–Crippen LogP) is 5.57. The van der Waals surface area contributed by atoms with E-state index < -0.39 is 0 Å². The number of nitrogens with zero attached hydrogens (tertiary/aromatic N) is 5. The summed E-state index contributed by atoms with van der Waals surface area (Å²) in [6.45, 7) is 6.45. The van der Waals surface area contributed by atoms with Crippen LogP contribution in [0.3, 0.4) is 0 Å². The molecule has 1 atom stereocenters. The van der Waals surface area contributed by atoms with Crippen molar-refractivity contribution in [3.8, 4) is 16.9 Å². The van der Waals surface area contributed by atoms with Gasteiger partial charge in [0.25, 0.3) is 0 Å². The van der Waals surface area contributed by atoms with Gasteiger partial charge < -0.3 is 14.6 Å². The molecule has 0 bridgehead atoms. The lowest BCUT2D eigenvalue weighted by Gasteiger charge is -2.36. The van der Waals surface area contributed by atoms with Crippen LogP contribution in [0, 0.1) is 6.92 Å². The minimum Gasteiger partial charge on any atom is -0.491 e. The molecule has 7 rings (SSSR count). The highest BCUT2D eigenvalue weighted by Crippen LogP contribution is 2.40. The smallest absolute Gasteiger partial charge is 0.177 e. The van der Waals surface area contributed by atoms with Gasteiger partial charge in [-0.1, -0.05) is 43.3 Å². The van der Waals surface area contributed by atoms with Gasteiger partial charge in [-0.2, -0.15) is 0 Å². The summed E-state index contributed by atoms with van der Waals surface area (Å²) in [7, 11) is 0. The molecule has 4 heterocycles. The Labute approximate surface area is 222 Å². The second-order valence-corrected chi connectivity index (χ2v) is 10.7. The van der Waals surface area contributed by atoms with Crippen LogP contribution in [-0.4, -0.2) is 38.1 Å². The van der Waals surface area contributed by atoms with Crippen LogP contribution in [-0.2, 0) is 24.8 Å². The average molecular weight is 503 g/mol. The molecule has 0 amide bonds. The summed E-state index contributed by atoms with van der Waals surface area (Å²) < 4.78 is 6.18. The molecule has 7 nitrogen and oxygen atoms in total. The maximum absolute atomic E-state index is 6.18. The maximum atomic E-state index is 6.18. The summed E-state index contributed by atoms with van der Waals surface area (Å²) in [5.74, 6) is 2.85. The zero-order valence-corrected chi connectivity index (χ0v) is 21.7. The first kappa shape index (κ1) is 22.9. The number of aryl methyl sites for hydroxylation is 1. The van der Waals surface area contributed by atoms with Crippen molar-refractivity contribution in [3.05, 3.63) is 95.3 Å². The first-order chi connectivity index (χ1) is 18.6. The molecule has 0 fully saturated rings. The minimum absolute atomic E-state index is 0.0889. The highest BCUT2D eigenvalue weighted by molar-refractivity contribution is 5.78. The number of hydrogen-bond acceptors (Lipinski definition) is 6. The van der Waals surface area contributed by atoms with Gasteiger partial charge in [0, 0.05) is 35.1 Å². The SMILES string of the molecule is Cc1nc2ncc(-c3ccc4c(c3)CN(c3ncnc5c3CCC(C)(c3ccccc3)C5)CCO4)cc2[nH]1. The Kier molecular flexibility index (Phi) is 5.39. The molecule has 0 saturated heterocycles. The Bertz CT molecular complexity index is 1650. The summed E-state index contributed by atoms with van der Waals surface area (Å²) >= 11 is 0. The first-order valence-electron chi connectivity index (χ1n) is 13.3. The Balaban J connectivity index is 1.20. The molecular formula is C31H30N6O. The zero-order valence-electron chi connectivity index (χ0n) is 21.7. The topological polar surface area (TPSA) is 79.8 Å². The van der Waals surface area contributed by atoms with Gasteiger partial charge in [-0.3, -0.25) is 0 Å². The normalized spacial score (nSPS) is 18.9. The third-order valence-corrected chi connectivity index (χ3v) is 8.10. The van der Waals surface area contributed by atoms with Crippen LogP contribution in [0.5, 0.6) is 5.75 Å². The van der Waals surface area contributed by atoms with Crippen LogP contribution >= 0.6 is 0 Å². The largest absolute Gasteiger partial charge is 0.491 e. The lowest BCUT2D eigenvalue weighted by molar-refractivity contribution is 0.331. The van der Waals surface area contributed by atoms with Crippen LogP contribution in [0.1, 0.15) is 41.6 Å². The highest BCUT2D eigenvalue weighted by atomic mass is 16.5. The van der Waals surface area contributed by atoms with Gasteiger partial charge in [0.1, 0.15) is 30.3 Å². The van der Waals surface area contributed by atoms with Crippen molar-refractivity contribution in [1.82, 2.24) is 24.9 Å². The molecule has 3 aromatic heterocycles. The minimum atomic E-state index is 0.0889. The molecule has 1 aliphatic carbocycles. The number of aromatic amines is 1. The van der Waals surface area contributed by atoms with Crippen LogP contribution in [0.15, 0.2) is 67.1 Å². The van der Waals surface area contributed by atoms with Crippen molar-refractivity contribution in [1.29, 1.82) is 0 Å². The van der Waals surface area contributed by atoms with Gasteiger partial charge in [-0.15, -0.1) is 0 Å². The van der Waals surface area contributed by atoms with E-state index in [4.69, 9.17) is 14.7 Å². The summed E-state index contributed by atoms with van der Waals surface area (Å²) in [4.78, 5) is 24.2. The number of ether oxygens (including phenoxy) is 1. The summed E-state index contributed by atoms with van der Waals surface area (Å²) in [6, 6.07) is 19.4. The number of pyridine rings is 1. The summed E-state index contributed by atoms with van der Waals surface area (Å²) in [5, 5.41) is 0. The maximum Gasteiger partial charge on any atom is 0.177 e. The van der Waals surface area contributed by atoms with Crippen molar-refractivity contribution in [2.45, 2.75) is 45.1 Å². The quantitative estimate of drug-likeness (QED) is 0.348. The number of nitrogens with one attached hydrogen (secondary N) is 1.